The van der Waals surface area contributed by atoms with E-state index in [1.807, 2.05) is 0 Å². The molecular weight excluding hydrogens is 234 g/mol. The Kier molecular flexibility index (Phi) is 6.11. The van der Waals surface area contributed by atoms with Crippen molar-refractivity contribution in [1.82, 2.24) is 15.1 Å². The molecule has 2 aliphatic heterocycles. The molecule has 0 aromatic rings. The molecule has 3 nitrogen and oxygen atoms in total. The topological polar surface area (TPSA) is 18.5 Å². The zero-order chi connectivity index (χ0) is 13.7. The molecule has 0 spiro atoms. The number of hydrogen-bond acceptors (Lipinski definition) is 3. The first-order valence-electron chi connectivity index (χ1n) is 8.35. The van der Waals surface area contributed by atoms with Crippen molar-refractivity contribution in [2.75, 3.05) is 39.3 Å². The van der Waals surface area contributed by atoms with Gasteiger partial charge in [-0.2, -0.15) is 0 Å². The second-order valence-electron chi connectivity index (χ2n) is 6.92. The van der Waals surface area contributed by atoms with E-state index in [0.29, 0.717) is 6.04 Å². The van der Waals surface area contributed by atoms with Gasteiger partial charge in [-0.1, -0.05) is 20.3 Å². The smallest absolute Gasteiger partial charge is 0.0195 e. The standard InChI is InChI=1S/C16H33N3/c1-14(2)17-11-16-7-10-19(13-16)15(3)12-18-8-5-4-6-9-18/h14-17H,4-13H2,1-3H3. The maximum atomic E-state index is 3.59. The summed E-state index contributed by atoms with van der Waals surface area (Å²) in [7, 11) is 0. The minimum absolute atomic E-state index is 0.625. The molecule has 2 unspecified atom stereocenters. The van der Waals surface area contributed by atoms with Crippen LogP contribution in [0, 0.1) is 5.92 Å². The van der Waals surface area contributed by atoms with Crippen LogP contribution in [0.4, 0.5) is 0 Å². The summed E-state index contributed by atoms with van der Waals surface area (Å²) in [5, 5.41) is 3.59. The molecule has 2 rings (SSSR count). The van der Waals surface area contributed by atoms with E-state index >= 15 is 0 Å². The van der Waals surface area contributed by atoms with Gasteiger partial charge < -0.3 is 10.2 Å². The van der Waals surface area contributed by atoms with Crippen LogP contribution in [0.25, 0.3) is 0 Å². The number of nitrogens with zero attached hydrogens (tertiary/aromatic N) is 2. The van der Waals surface area contributed by atoms with Gasteiger partial charge in [0, 0.05) is 25.2 Å². The summed E-state index contributed by atoms with van der Waals surface area (Å²) in [6.07, 6.45) is 5.64. The van der Waals surface area contributed by atoms with E-state index in [-0.39, 0.29) is 0 Å². The molecule has 0 amide bonds. The van der Waals surface area contributed by atoms with Gasteiger partial charge >= 0.3 is 0 Å². The highest BCUT2D eigenvalue weighted by Crippen LogP contribution is 2.19. The van der Waals surface area contributed by atoms with Crippen molar-refractivity contribution in [3.63, 3.8) is 0 Å². The quantitative estimate of drug-likeness (QED) is 0.796. The first-order valence-corrected chi connectivity index (χ1v) is 8.35. The van der Waals surface area contributed by atoms with Gasteiger partial charge in [-0.15, -0.1) is 0 Å². The van der Waals surface area contributed by atoms with E-state index in [1.165, 1.54) is 65.0 Å². The molecule has 112 valence electrons. The summed E-state index contributed by atoms with van der Waals surface area (Å²) in [6.45, 7) is 14.7. The third-order valence-electron chi connectivity index (χ3n) is 4.73. The van der Waals surface area contributed by atoms with Crippen LogP contribution in [0.1, 0.15) is 46.5 Å². The molecule has 2 atom stereocenters. The summed E-state index contributed by atoms with van der Waals surface area (Å²) >= 11 is 0. The van der Waals surface area contributed by atoms with E-state index in [4.69, 9.17) is 0 Å². The number of nitrogens with one attached hydrogen (secondary N) is 1. The SMILES string of the molecule is CC(C)NCC1CCN(C(C)CN2CCCCC2)C1. The average molecular weight is 267 g/mol. The number of likely N-dealkylation sites (tertiary alicyclic amines) is 2. The molecule has 0 aromatic carbocycles. The van der Waals surface area contributed by atoms with Crippen molar-refractivity contribution in [2.45, 2.75) is 58.5 Å². The Morgan fingerprint density at radius 2 is 1.79 bits per heavy atom. The average Bonchev–Trinajstić information content (AvgIpc) is 2.86. The molecule has 2 heterocycles. The molecule has 19 heavy (non-hydrogen) atoms. The predicted octanol–water partition coefficient (Wildman–Crippen LogP) is 2.18. The maximum Gasteiger partial charge on any atom is 0.0195 e. The third kappa shape index (κ3) is 5.05. The lowest BCUT2D eigenvalue weighted by Gasteiger charge is -2.33. The van der Waals surface area contributed by atoms with Crippen molar-refractivity contribution >= 4 is 0 Å². The summed E-state index contributed by atoms with van der Waals surface area (Å²) in [5.41, 5.74) is 0. The Morgan fingerprint density at radius 3 is 2.47 bits per heavy atom. The van der Waals surface area contributed by atoms with Crippen LogP contribution in [-0.4, -0.2) is 61.2 Å². The molecule has 0 radical (unpaired) electrons. The third-order valence-corrected chi connectivity index (χ3v) is 4.73. The van der Waals surface area contributed by atoms with Gasteiger partial charge in [0.25, 0.3) is 0 Å². The second kappa shape index (κ2) is 7.61. The highest BCUT2D eigenvalue weighted by molar-refractivity contribution is 4.83. The molecule has 2 fully saturated rings. The molecule has 1 N–H and O–H groups in total. The first kappa shape index (κ1) is 15.3. The molecular formula is C16H33N3. The zero-order valence-corrected chi connectivity index (χ0v) is 13.2. The molecule has 2 aliphatic rings. The van der Waals surface area contributed by atoms with E-state index in [1.54, 1.807) is 0 Å². The normalized spacial score (nSPS) is 28.1. The number of rotatable bonds is 6. The highest BCUT2D eigenvalue weighted by atomic mass is 15.2. The van der Waals surface area contributed by atoms with Crippen LogP contribution in [0.5, 0.6) is 0 Å². The van der Waals surface area contributed by atoms with Crippen LogP contribution in [0.15, 0.2) is 0 Å². The highest BCUT2D eigenvalue weighted by Gasteiger charge is 2.27. The van der Waals surface area contributed by atoms with Gasteiger partial charge in [-0.3, -0.25) is 4.90 Å². The molecule has 0 aliphatic carbocycles. The first-order chi connectivity index (χ1) is 9.15. The van der Waals surface area contributed by atoms with Crippen molar-refractivity contribution in [3.8, 4) is 0 Å². The Balaban J connectivity index is 1.67. The molecule has 0 bridgehead atoms. The van der Waals surface area contributed by atoms with Crippen LogP contribution in [0.2, 0.25) is 0 Å². The van der Waals surface area contributed by atoms with Gasteiger partial charge in [0.15, 0.2) is 0 Å². The minimum atomic E-state index is 0.625. The monoisotopic (exact) mass is 267 g/mol. The summed E-state index contributed by atoms with van der Waals surface area (Å²) < 4.78 is 0. The van der Waals surface area contributed by atoms with Crippen molar-refractivity contribution in [2.24, 2.45) is 5.92 Å². The van der Waals surface area contributed by atoms with E-state index < -0.39 is 0 Å². The summed E-state index contributed by atoms with van der Waals surface area (Å²) in [5.74, 6) is 0.867. The molecule has 0 saturated carbocycles. The van der Waals surface area contributed by atoms with Gasteiger partial charge in [0.2, 0.25) is 0 Å². The van der Waals surface area contributed by atoms with Gasteiger partial charge in [-0.05, 0) is 58.3 Å². The zero-order valence-electron chi connectivity index (χ0n) is 13.2. The lowest BCUT2D eigenvalue weighted by atomic mass is 10.1. The lowest BCUT2D eigenvalue weighted by Crippen LogP contribution is -2.43. The second-order valence-corrected chi connectivity index (χ2v) is 6.92. The Hall–Kier alpha value is -0.120. The molecule has 2 saturated heterocycles. The maximum absolute atomic E-state index is 3.59. The Morgan fingerprint density at radius 1 is 1.05 bits per heavy atom. The van der Waals surface area contributed by atoms with Crippen LogP contribution < -0.4 is 5.32 Å². The fourth-order valence-corrected chi connectivity index (χ4v) is 3.46. The van der Waals surface area contributed by atoms with E-state index in [9.17, 15) is 0 Å². The van der Waals surface area contributed by atoms with Crippen LogP contribution in [0.3, 0.4) is 0 Å². The van der Waals surface area contributed by atoms with E-state index in [0.717, 1.165) is 12.0 Å². The lowest BCUT2D eigenvalue weighted by molar-refractivity contribution is 0.150. The van der Waals surface area contributed by atoms with E-state index in [2.05, 4.69) is 35.9 Å². The summed E-state index contributed by atoms with van der Waals surface area (Å²) in [6, 6.07) is 1.36. The van der Waals surface area contributed by atoms with Crippen molar-refractivity contribution in [1.29, 1.82) is 0 Å². The van der Waals surface area contributed by atoms with Crippen molar-refractivity contribution < 1.29 is 0 Å². The van der Waals surface area contributed by atoms with Gasteiger partial charge in [-0.25, -0.2) is 0 Å². The Bertz CT molecular complexity index is 248. The van der Waals surface area contributed by atoms with Gasteiger partial charge in [0.1, 0.15) is 0 Å². The van der Waals surface area contributed by atoms with Crippen LogP contribution >= 0.6 is 0 Å². The minimum Gasteiger partial charge on any atom is -0.314 e. The van der Waals surface area contributed by atoms with Crippen molar-refractivity contribution in [3.05, 3.63) is 0 Å². The fourth-order valence-electron chi connectivity index (χ4n) is 3.46. The number of piperidine rings is 1. The fraction of sp³-hybridized carbons (Fsp3) is 1.00. The number of hydrogen-bond donors (Lipinski definition) is 1. The largest absolute Gasteiger partial charge is 0.314 e. The Labute approximate surface area is 119 Å². The predicted molar refractivity (Wildman–Crippen MR) is 82.6 cm³/mol. The summed E-state index contributed by atoms with van der Waals surface area (Å²) in [4.78, 5) is 5.38. The van der Waals surface area contributed by atoms with Gasteiger partial charge in [0.05, 0.1) is 0 Å². The molecule has 3 heteroatoms. The van der Waals surface area contributed by atoms with Crippen LogP contribution in [-0.2, 0) is 0 Å². The molecule has 0 aromatic heterocycles.